The fourth-order valence-corrected chi connectivity index (χ4v) is 5.01. The Morgan fingerprint density at radius 3 is 2.61 bits per heavy atom. The molecule has 2 saturated heterocycles. The number of nitrogens with zero attached hydrogens (tertiary/aromatic N) is 1. The standard InChI is InChI=1S/C23H34ClN3O4/c1-22(2)14-17-19(25)18(24)13-16(20(17)31-22)21(28)26-15-5-9-27(10-6-15)8-4-7-23(3)29-11-12-30-23/h13,15H,4-12,14,25H2,1-3H3,(H,26,28). The van der Waals surface area contributed by atoms with Crippen LogP contribution in [0.25, 0.3) is 0 Å². The van der Waals surface area contributed by atoms with Crippen LogP contribution < -0.4 is 15.8 Å². The van der Waals surface area contributed by atoms with Crippen molar-refractivity contribution in [1.82, 2.24) is 10.2 Å². The van der Waals surface area contributed by atoms with Gasteiger partial charge >= 0.3 is 0 Å². The highest BCUT2D eigenvalue weighted by molar-refractivity contribution is 6.33. The second-order valence-electron chi connectivity index (χ2n) is 9.69. The minimum Gasteiger partial charge on any atom is -0.486 e. The topological polar surface area (TPSA) is 86.1 Å². The summed E-state index contributed by atoms with van der Waals surface area (Å²) in [5.74, 6) is 0.0215. The fourth-order valence-electron chi connectivity index (χ4n) is 4.79. The molecule has 3 aliphatic rings. The minimum absolute atomic E-state index is 0.141. The van der Waals surface area contributed by atoms with Gasteiger partial charge in [-0.15, -0.1) is 0 Å². The van der Waals surface area contributed by atoms with Crippen LogP contribution in [0.5, 0.6) is 5.75 Å². The molecule has 0 aliphatic carbocycles. The van der Waals surface area contributed by atoms with Gasteiger partial charge in [-0.1, -0.05) is 11.6 Å². The van der Waals surface area contributed by atoms with E-state index in [2.05, 4.69) is 10.2 Å². The van der Waals surface area contributed by atoms with Gasteiger partial charge in [-0.3, -0.25) is 4.79 Å². The maximum Gasteiger partial charge on any atom is 0.255 e. The molecule has 0 aromatic heterocycles. The number of likely N-dealkylation sites (tertiary alicyclic amines) is 1. The van der Waals surface area contributed by atoms with Crippen molar-refractivity contribution in [3.05, 3.63) is 22.2 Å². The molecule has 8 heteroatoms. The first-order valence-corrected chi connectivity index (χ1v) is 11.6. The van der Waals surface area contributed by atoms with E-state index in [4.69, 9.17) is 31.5 Å². The fraction of sp³-hybridized carbons (Fsp3) is 0.696. The van der Waals surface area contributed by atoms with Gasteiger partial charge in [-0.05, 0) is 52.6 Å². The zero-order chi connectivity index (χ0) is 22.2. The predicted octanol–water partition coefficient (Wildman–Crippen LogP) is 3.37. The van der Waals surface area contributed by atoms with Crippen LogP contribution in [0.15, 0.2) is 6.07 Å². The van der Waals surface area contributed by atoms with Crippen molar-refractivity contribution in [3.63, 3.8) is 0 Å². The van der Waals surface area contributed by atoms with E-state index < -0.39 is 11.4 Å². The summed E-state index contributed by atoms with van der Waals surface area (Å²) in [6.07, 6.45) is 4.43. The average molecular weight is 452 g/mol. The van der Waals surface area contributed by atoms with Crippen LogP contribution in [0.1, 0.15) is 62.4 Å². The van der Waals surface area contributed by atoms with Gasteiger partial charge < -0.3 is 30.2 Å². The molecule has 3 N–H and O–H groups in total. The highest BCUT2D eigenvalue weighted by atomic mass is 35.5. The summed E-state index contributed by atoms with van der Waals surface area (Å²) in [6.45, 7) is 10.3. The third-order valence-electron chi connectivity index (χ3n) is 6.52. The molecule has 1 aromatic rings. The Morgan fingerprint density at radius 1 is 1.26 bits per heavy atom. The Hall–Kier alpha value is -1.54. The van der Waals surface area contributed by atoms with Crippen LogP contribution in [0.4, 0.5) is 5.69 Å². The van der Waals surface area contributed by atoms with E-state index in [1.165, 1.54) is 0 Å². The number of hydrogen-bond acceptors (Lipinski definition) is 6. The molecule has 4 rings (SSSR count). The summed E-state index contributed by atoms with van der Waals surface area (Å²) in [5, 5.41) is 3.59. The van der Waals surface area contributed by atoms with Crippen LogP contribution >= 0.6 is 11.6 Å². The lowest BCUT2D eigenvalue weighted by Crippen LogP contribution is -2.45. The van der Waals surface area contributed by atoms with Crippen molar-refractivity contribution < 1.29 is 19.0 Å². The maximum atomic E-state index is 13.1. The molecule has 1 aromatic carbocycles. The van der Waals surface area contributed by atoms with Crippen molar-refractivity contribution in [2.45, 2.75) is 70.3 Å². The summed E-state index contributed by atoms with van der Waals surface area (Å²) in [4.78, 5) is 15.5. The Balaban J connectivity index is 1.29. The molecule has 0 atom stereocenters. The van der Waals surface area contributed by atoms with E-state index in [1.54, 1.807) is 6.07 Å². The number of nitrogens with two attached hydrogens (primary N) is 1. The van der Waals surface area contributed by atoms with Gasteiger partial charge in [0.1, 0.15) is 11.4 Å². The molecule has 0 saturated carbocycles. The van der Waals surface area contributed by atoms with Crippen molar-refractivity contribution in [3.8, 4) is 5.75 Å². The first-order valence-electron chi connectivity index (χ1n) is 11.3. The molecular weight excluding hydrogens is 418 g/mol. The minimum atomic E-state index is -0.413. The number of nitrogens with one attached hydrogen (secondary N) is 1. The number of rotatable bonds is 6. The third kappa shape index (κ3) is 5.11. The molecule has 1 amide bonds. The average Bonchev–Trinajstić information content (AvgIpc) is 3.29. The highest BCUT2D eigenvalue weighted by Gasteiger charge is 2.36. The number of ether oxygens (including phenoxy) is 3. The first-order chi connectivity index (χ1) is 14.7. The smallest absolute Gasteiger partial charge is 0.255 e. The van der Waals surface area contributed by atoms with E-state index in [9.17, 15) is 4.79 Å². The second kappa shape index (κ2) is 8.77. The highest BCUT2D eigenvalue weighted by Crippen LogP contribution is 2.44. The number of hydrogen-bond donors (Lipinski definition) is 2. The van der Waals surface area contributed by atoms with Crippen LogP contribution in [0.3, 0.4) is 0 Å². The molecule has 172 valence electrons. The number of carbonyl (C=O) groups excluding carboxylic acids is 1. The van der Waals surface area contributed by atoms with Gasteiger partial charge in [0.05, 0.1) is 29.5 Å². The number of nitrogen functional groups attached to an aromatic ring is 1. The van der Waals surface area contributed by atoms with Crippen LogP contribution in [0.2, 0.25) is 5.02 Å². The van der Waals surface area contributed by atoms with Gasteiger partial charge in [0.2, 0.25) is 0 Å². The summed E-state index contributed by atoms with van der Waals surface area (Å²) in [6, 6.07) is 1.78. The van der Waals surface area contributed by atoms with Crippen LogP contribution in [-0.2, 0) is 15.9 Å². The Bertz CT molecular complexity index is 831. The molecule has 0 spiro atoms. The number of amides is 1. The zero-order valence-corrected chi connectivity index (χ0v) is 19.5. The normalized spacial score (nSPS) is 22.8. The SMILES string of the molecule is CC1(C)Cc2c(N)c(Cl)cc(C(=O)NC3CCN(CCCC4(C)OCCO4)CC3)c2O1. The molecule has 31 heavy (non-hydrogen) atoms. The molecule has 7 nitrogen and oxygen atoms in total. The summed E-state index contributed by atoms with van der Waals surface area (Å²) < 4.78 is 17.4. The predicted molar refractivity (Wildman–Crippen MR) is 121 cm³/mol. The summed E-state index contributed by atoms with van der Waals surface area (Å²) in [5.41, 5.74) is 7.57. The van der Waals surface area contributed by atoms with E-state index >= 15 is 0 Å². The lowest BCUT2D eigenvalue weighted by molar-refractivity contribution is -0.148. The number of anilines is 1. The van der Waals surface area contributed by atoms with Crippen LogP contribution in [0, 0.1) is 0 Å². The number of halogens is 1. The number of fused-ring (bicyclic) bond motifs is 1. The molecule has 2 fully saturated rings. The van der Waals surface area contributed by atoms with E-state index in [0.717, 1.165) is 50.9 Å². The van der Waals surface area contributed by atoms with Crippen molar-refractivity contribution in [2.24, 2.45) is 0 Å². The molecular formula is C23H34ClN3O4. The lowest BCUT2D eigenvalue weighted by atomic mass is 9.98. The Morgan fingerprint density at radius 2 is 1.94 bits per heavy atom. The van der Waals surface area contributed by atoms with E-state index in [1.807, 2.05) is 20.8 Å². The zero-order valence-electron chi connectivity index (χ0n) is 18.8. The quantitative estimate of drug-likeness (QED) is 0.645. The van der Waals surface area contributed by atoms with Gasteiger partial charge in [0.25, 0.3) is 5.91 Å². The molecule has 3 aliphatic heterocycles. The number of benzene rings is 1. The van der Waals surface area contributed by atoms with Crippen LogP contribution in [-0.4, -0.2) is 61.1 Å². The third-order valence-corrected chi connectivity index (χ3v) is 6.84. The Labute approximate surface area is 189 Å². The largest absolute Gasteiger partial charge is 0.486 e. The second-order valence-corrected chi connectivity index (χ2v) is 10.1. The lowest BCUT2D eigenvalue weighted by Gasteiger charge is -2.33. The maximum absolute atomic E-state index is 13.1. The van der Waals surface area contributed by atoms with E-state index in [0.29, 0.717) is 41.7 Å². The Kier molecular flexibility index (Phi) is 6.41. The first kappa shape index (κ1) is 22.6. The molecule has 0 radical (unpaired) electrons. The van der Waals surface area contributed by atoms with Crippen molar-refractivity contribution >= 4 is 23.2 Å². The van der Waals surface area contributed by atoms with Gasteiger partial charge in [-0.25, -0.2) is 0 Å². The molecule has 0 bridgehead atoms. The van der Waals surface area contributed by atoms with Gasteiger partial charge in [0, 0.05) is 37.5 Å². The van der Waals surface area contributed by atoms with Gasteiger partial charge in [0.15, 0.2) is 5.79 Å². The van der Waals surface area contributed by atoms with Crippen molar-refractivity contribution in [1.29, 1.82) is 0 Å². The van der Waals surface area contributed by atoms with E-state index in [-0.39, 0.29) is 11.9 Å². The summed E-state index contributed by atoms with van der Waals surface area (Å²) in [7, 11) is 0. The number of carbonyl (C=O) groups is 1. The summed E-state index contributed by atoms with van der Waals surface area (Å²) >= 11 is 6.32. The molecule has 0 unspecified atom stereocenters. The molecule has 3 heterocycles. The van der Waals surface area contributed by atoms with Gasteiger partial charge in [-0.2, -0.15) is 0 Å². The van der Waals surface area contributed by atoms with Crippen molar-refractivity contribution in [2.75, 3.05) is 38.6 Å². The number of piperidine rings is 1. The monoisotopic (exact) mass is 451 g/mol.